The van der Waals surface area contributed by atoms with Crippen molar-refractivity contribution in [2.75, 3.05) is 4.90 Å². The van der Waals surface area contributed by atoms with Crippen LogP contribution in [0.25, 0.3) is 22.4 Å². The van der Waals surface area contributed by atoms with Gasteiger partial charge in [-0.15, -0.1) is 0 Å². The van der Waals surface area contributed by atoms with Crippen molar-refractivity contribution in [2.45, 2.75) is 13.0 Å². The van der Waals surface area contributed by atoms with Gasteiger partial charge in [0, 0.05) is 11.1 Å². The minimum atomic E-state index is -0.122. The maximum atomic E-state index is 13.9. The first-order valence-corrected chi connectivity index (χ1v) is 12.2. The normalized spacial score (nSPS) is 10.5. The lowest BCUT2D eigenvalue weighted by Gasteiger charge is -2.25. The van der Waals surface area contributed by atoms with Gasteiger partial charge in [0.1, 0.15) is 11.6 Å². The predicted molar refractivity (Wildman–Crippen MR) is 148 cm³/mol. The molecule has 5 aromatic rings. The van der Waals surface area contributed by atoms with Crippen LogP contribution >= 0.6 is 0 Å². The van der Waals surface area contributed by atoms with Crippen LogP contribution in [0.4, 0.5) is 5.82 Å². The van der Waals surface area contributed by atoms with Gasteiger partial charge in [0.2, 0.25) is 5.91 Å². The van der Waals surface area contributed by atoms with E-state index in [0.29, 0.717) is 23.6 Å². The summed E-state index contributed by atoms with van der Waals surface area (Å²) in [5.41, 5.74) is 5.52. The summed E-state index contributed by atoms with van der Waals surface area (Å²) in [5, 5.41) is 10.4. The average Bonchev–Trinajstić information content (AvgIpc) is 2.97. The van der Waals surface area contributed by atoms with E-state index in [-0.39, 0.29) is 12.3 Å². The van der Waals surface area contributed by atoms with E-state index >= 15 is 0 Å². The summed E-state index contributed by atoms with van der Waals surface area (Å²) in [6.07, 6.45) is 0.205. The van der Waals surface area contributed by atoms with Crippen molar-refractivity contribution in [1.29, 1.82) is 5.26 Å². The van der Waals surface area contributed by atoms with Gasteiger partial charge in [-0.1, -0.05) is 121 Å². The van der Waals surface area contributed by atoms with Crippen LogP contribution < -0.4 is 4.90 Å². The van der Waals surface area contributed by atoms with Crippen molar-refractivity contribution in [3.8, 4) is 28.5 Å². The molecular formula is C33H25N3O. The number of benzene rings is 4. The van der Waals surface area contributed by atoms with Crippen LogP contribution in [0.1, 0.15) is 16.7 Å². The maximum Gasteiger partial charge on any atom is 0.232 e. The summed E-state index contributed by atoms with van der Waals surface area (Å²) in [5.74, 6) is 0.246. The molecule has 0 aliphatic carbocycles. The predicted octanol–water partition coefficient (Wildman–Crippen LogP) is 7.06. The van der Waals surface area contributed by atoms with Gasteiger partial charge in [0.15, 0.2) is 5.82 Å². The number of amides is 1. The standard InChI is InChI=1S/C33H25N3O/c34-23-30-29(27-17-9-3-10-18-27)22-31(28-19-11-4-12-20-28)35-33(30)36(24-26-15-7-2-8-16-26)32(37)21-25-13-5-1-6-14-25/h1-20,22H,21,24H2. The number of carbonyl (C=O) groups is 1. The van der Waals surface area contributed by atoms with E-state index in [1.165, 1.54) is 0 Å². The molecule has 0 N–H and O–H groups in total. The Morgan fingerprint density at radius 2 is 1.22 bits per heavy atom. The van der Waals surface area contributed by atoms with Crippen LogP contribution in [0.2, 0.25) is 0 Å². The van der Waals surface area contributed by atoms with E-state index < -0.39 is 0 Å². The van der Waals surface area contributed by atoms with E-state index in [1.54, 1.807) is 4.90 Å². The molecule has 1 amide bonds. The van der Waals surface area contributed by atoms with Crippen molar-refractivity contribution in [2.24, 2.45) is 0 Å². The van der Waals surface area contributed by atoms with Crippen molar-refractivity contribution in [3.05, 3.63) is 144 Å². The number of nitrogens with zero attached hydrogens (tertiary/aromatic N) is 3. The van der Waals surface area contributed by atoms with Gasteiger partial charge in [0.25, 0.3) is 0 Å². The number of rotatable bonds is 7. The van der Waals surface area contributed by atoms with Gasteiger partial charge >= 0.3 is 0 Å². The molecule has 0 aliphatic heterocycles. The number of aromatic nitrogens is 1. The van der Waals surface area contributed by atoms with E-state index in [2.05, 4.69) is 6.07 Å². The first-order chi connectivity index (χ1) is 18.2. The highest BCUT2D eigenvalue weighted by Gasteiger charge is 2.25. The largest absolute Gasteiger partial charge is 0.291 e. The Bertz CT molecular complexity index is 1530. The Balaban J connectivity index is 1.70. The summed E-state index contributed by atoms with van der Waals surface area (Å²) in [6, 6.07) is 43.4. The highest BCUT2D eigenvalue weighted by Crippen LogP contribution is 2.35. The smallest absolute Gasteiger partial charge is 0.232 e. The second kappa shape index (κ2) is 11.2. The molecule has 0 saturated carbocycles. The van der Waals surface area contributed by atoms with Gasteiger partial charge in [-0.05, 0) is 22.8 Å². The molecule has 0 atom stereocenters. The molecule has 0 fully saturated rings. The molecule has 178 valence electrons. The molecule has 1 heterocycles. The Morgan fingerprint density at radius 1 is 0.703 bits per heavy atom. The summed E-state index contributed by atoms with van der Waals surface area (Å²) < 4.78 is 0. The zero-order valence-electron chi connectivity index (χ0n) is 20.3. The molecule has 5 rings (SSSR count). The lowest BCUT2D eigenvalue weighted by Crippen LogP contribution is -2.33. The van der Waals surface area contributed by atoms with Gasteiger partial charge in [-0.3, -0.25) is 9.69 Å². The molecule has 0 saturated heterocycles. The van der Waals surface area contributed by atoms with Gasteiger partial charge < -0.3 is 0 Å². The van der Waals surface area contributed by atoms with Crippen LogP contribution in [0.15, 0.2) is 127 Å². The highest BCUT2D eigenvalue weighted by molar-refractivity contribution is 5.97. The first-order valence-electron chi connectivity index (χ1n) is 12.2. The topological polar surface area (TPSA) is 57.0 Å². The fourth-order valence-corrected chi connectivity index (χ4v) is 4.35. The summed E-state index contributed by atoms with van der Waals surface area (Å²) in [7, 11) is 0. The van der Waals surface area contributed by atoms with Gasteiger partial charge in [-0.25, -0.2) is 4.98 Å². The minimum absolute atomic E-state index is 0.122. The Morgan fingerprint density at radius 3 is 1.78 bits per heavy atom. The number of hydrogen-bond donors (Lipinski definition) is 0. The monoisotopic (exact) mass is 479 g/mol. The Labute approximate surface area is 217 Å². The van der Waals surface area contributed by atoms with Crippen molar-refractivity contribution in [3.63, 3.8) is 0 Å². The van der Waals surface area contributed by atoms with Crippen LogP contribution in [0, 0.1) is 11.3 Å². The quantitative estimate of drug-likeness (QED) is 0.251. The van der Waals surface area contributed by atoms with E-state index in [4.69, 9.17) is 4.98 Å². The molecule has 0 spiro atoms. The van der Waals surface area contributed by atoms with Crippen molar-refractivity contribution >= 4 is 11.7 Å². The van der Waals surface area contributed by atoms with Crippen LogP contribution in [0.3, 0.4) is 0 Å². The molecule has 37 heavy (non-hydrogen) atoms. The third kappa shape index (κ3) is 5.47. The fourth-order valence-electron chi connectivity index (χ4n) is 4.35. The minimum Gasteiger partial charge on any atom is -0.291 e. The molecular weight excluding hydrogens is 454 g/mol. The van der Waals surface area contributed by atoms with Crippen LogP contribution in [0.5, 0.6) is 0 Å². The molecule has 0 bridgehead atoms. The number of hydrogen-bond acceptors (Lipinski definition) is 3. The molecule has 1 aromatic heterocycles. The third-order valence-electron chi connectivity index (χ3n) is 6.20. The van der Waals surface area contributed by atoms with Crippen molar-refractivity contribution in [1.82, 2.24) is 4.98 Å². The summed E-state index contributed by atoms with van der Waals surface area (Å²) >= 11 is 0. The molecule has 4 heteroatoms. The SMILES string of the molecule is N#Cc1c(-c2ccccc2)cc(-c2ccccc2)nc1N(Cc1ccccc1)C(=O)Cc1ccccc1. The Kier molecular flexibility index (Phi) is 7.15. The zero-order valence-corrected chi connectivity index (χ0v) is 20.3. The number of carbonyl (C=O) groups excluding carboxylic acids is 1. The zero-order chi connectivity index (χ0) is 25.5. The highest BCUT2D eigenvalue weighted by atomic mass is 16.2. The van der Waals surface area contributed by atoms with E-state index in [1.807, 2.05) is 127 Å². The Hall–Kier alpha value is -5.01. The van der Waals surface area contributed by atoms with Crippen LogP contribution in [-0.2, 0) is 17.8 Å². The lowest BCUT2D eigenvalue weighted by molar-refractivity contribution is -0.118. The summed E-state index contributed by atoms with van der Waals surface area (Å²) in [6.45, 7) is 0.306. The lowest BCUT2D eigenvalue weighted by atomic mass is 9.97. The average molecular weight is 480 g/mol. The number of nitriles is 1. The first kappa shape index (κ1) is 23.7. The molecule has 0 aliphatic rings. The number of pyridine rings is 1. The van der Waals surface area contributed by atoms with Gasteiger partial charge in [-0.2, -0.15) is 5.26 Å². The van der Waals surface area contributed by atoms with E-state index in [9.17, 15) is 10.1 Å². The molecule has 0 unspecified atom stereocenters. The van der Waals surface area contributed by atoms with E-state index in [0.717, 1.165) is 27.8 Å². The molecule has 4 aromatic carbocycles. The molecule has 0 radical (unpaired) electrons. The second-order valence-electron chi connectivity index (χ2n) is 8.73. The number of anilines is 1. The summed E-state index contributed by atoms with van der Waals surface area (Å²) in [4.78, 5) is 20.5. The third-order valence-corrected chi connectivity index (χ3v) is 6.20. The maximum absolute atomic E-state index is 13.9. The van der Waals surface area contributed by atoms with Gasteiger partial charge in [0.05, 0.1) is 18.7 Å². The molecule has 4 nitrogen and oxygen atoms in total. The fraction of sp³-hybridized carbons (Fsp3) is 0.0606. The van der Waals surface area contributed by atoms with Crippen molar-refractivity contribution < 1.29 is 4.79 Å². The second-order valence-corrected chi connectivity index (χ2v) is 8.73. The van der Waals surface area contributed by atoms with Crippen LogP contribution in [-0.4, -0.2) is 10.9 Å².